The number of rotatable bonds is 3. The normalized spacial score (nSPS) is 32.7. The first kappa shape index (κ1) is 12.5. The van der Waals surface area contributed by atoms with Crippen molar-refractivity contribution >= 4 is 0 Å². The van der Waals surface area contributed by atoms with Crippen LogP contribution in [0.15, 0.2) is 0 Å². The Morgan fingerprint density at radius 2 is 2.33 bits per heavy atom. The van der Waals surface area contributed by atoms with E-state index in [0.717, 1.165) is 19.3 Å². The molecule has 1 heterocycles. The van der Waals surface area contributed by atoms with Gasteiger partial charge in [-0.1, -0.05) is 20.3 Å². The third-order valence-electron chi connectivity index (χ3n) is 4.00. The zero-order valence-electron chi connectivity index (χ0n) is 9.92. The van der Waals surface area contributed by atoms with Gasteiger partial charge < -0.3 is 9.84 Å². The molecule has 0 aromatic carbocycles. The zero-order chi connectivity index (χ0) is 11.5. The molecule has 0 spiro atoms. The van der Waals surface area contributed by atoms with Crippen LogP contribution in [0.5, 0.6) is 0 Å². The number of nitrogens with zero attached hydrogens (tertiary/aromatic N) is 1. The summed E-state index contributed by atoms with van der Waals surface area (Å²) in [5, 5.41) is 19.9. The first-order chi connectivity index (χ1) is 7.00. The fourth-order valence-corrected chi connectivity index (χ4v) is 2.26. The number of hydrogen-bond acceptors (Lipinski definition) is 3. The fraction of sp³-hybridized carbons (Fsp3) is 0.917. The van der Waals surface area contributed by atoms with Crippen LogP contribution in [0.3, 0.4) is 0 Å². The van der Waals surface area contributed by atoms with E-state index in [4.69, 9.17) is 4.74 Å². The van der Waals surface area contributed by atoms with Crippen LogP contribution in [-0.2, 0) is 4.74 Å². The standard InChI is InChI=1S/C12H21NO2/c1-4-10(2)11(3,14)12(8-13)6-5-7-15-9-12/h10,14H,4-7,9H2,1-3H3. The van der Waals surface area contributed by atoms with Crippen LogP contribution in [0, 0.1) is 22.7 Å². The molecule has 86 valence electrons. The Morgan fingerprint density at radius 1 is 1.67 bits per heavy atom. The molecule has 3 unspecified atom stereocenters. The molecule has 0 aliphatic carbocycles. The van der Waals surface area contributed by atoms with Crippen molar-refractivity contribution in [1.29, 1.82) is 5.26 Å². The minimum atomic E-state index is -0.961. The molecule has 1 rings (SSSR count). The summed E-state index contributed by atoms with van der Waals surface area (Å²) < 4.78 is 5.37. The van der Waals surface area contributed by atoms with Gasteiger partial charge in [-0.3, -0.25) is 0 Å². The Hall–Kier alpha value is -0.590. The average Bonchev–Trinajstić information content (AvgIpc) is 2.28. The van der Waals surface area contributed by atoms with Crippen LogP contribution >= 0.6 is 0 Å². The van der Waals surface area contributed by atoms with E-state index in [9.17, 15) is 10.4 Å². The molecule has 3 atom stereocenters. The molecular formula is C12H21NO2. The van der Waals surface area contributed by atoms with Crippen LogP contribution in [0.2, 0.25) is 0 Å². The molecular weight excluding hydrogens is 190 g/mol. The number of ether oxygens (including phenoxy) is 1. The minimum absolute atomic E-state index is 0.110. The van der Waals surface area contributed by atoms with Gasteiger partial charge in [-0.15, -0.1) is 0 Å². The lowest BCUT2D eigenvalue weighted by molar-refractivity contribution is -0.135. The lowest BCUT2D eigenvalue weighted by Gasteiger charge is -2.45. The Labute approximate surface area is 92.0 Å². The maximum Gasteiger partial charge on any atom is 0.109 e. The lowest BCUT2D eigenvalue weighted by Crippen LogP contribution is -2.53. The van der Waals surface area contributed by atoms with Gasteiger partial charge in [-0.05, 0) is 25.7 Å². The second kappa shape index (κ2) is 4.51. The van der Waals surface area contributed by atoms with E-state index >= 15 is 0 Å². The summed E-state index contributed by atoms with van der Waals surface area (Å²) in [5.74, 6) is 0.110. The molecule has 15 heavy (non-hydrogen) atoms. The molecule has 1 aliphatic heterocycles. The highest BCUT2D eigenvalue weighted by molar-refractivity contribution is 5.12. The molecule has 3 nitrogen and oxygen atoms in total. The van der Waals surface area contributed by atoms with Crippen molar-refractivity contribution in [3.8, 4) is 6.07 Å². The van der Waals surface area contributed by atoms with Gasteiger partial charge in [0.05, 0.1) is 18.3 Å². The molecule has 1 N–H and O–H groups in total. The Morgan fingerprint density at radius 3 is 2.73 bits per heavy atom. The molecule has 1 aliphatic rings. The first-order valence-corrected chi connectivity index (χ1v) is 5.71. The van der Waals surface area contributed by atoms with Gasteiger partial charge in [0.15, 0.2) is 0 Å². The van der Waals surface area contributed by atoms with E-state index in [1.807, 2.05) is 13.8 Å². The highest BCUT2D eigenvalue weighted by Crippen LogP contribution is 2.43. The van der Waals surface area contributed by atoms with Gasteiger partial charge in [0, 0.05) is 6.61 Å². The SMILES string of the molecule is CCC(C)C(C)(O)C1(C#N)CCCOC1. The highest BCUT2D eigenvalue weighted by Gasteiger charge is 2.51. The highest BCUT2D eigenvalue weighted by atomic mass is 16.5. The van der Waals surface area contributed by atoms with E-state index in [0.29, 0.717) is 13.2 Å². The van der Waals surface area contributed by atoms with Crippen LogP contribution in [0.25, 0.3) is 0 Å². The van der Waals surface area contributed by atoms with Gasteiger partial charge in [0.25, 0.3) is 0 Å². The van der Waals surface area contributed by atoms with Crippen LogP contribution < -0.4 is 0 Å². The summed E-state index contributed by atoms with van der Waals surface area (Å²) in [5.41, 5.74) is -1.68. The minimum Gasteiger partial charge on any atom is -0.388 e. The van der Waals surface area contributed by atoms with Gasteiger partial charge in [0.1, 0.15) is 5.41 Å². The molecule has 0 amide bonds. The molecule has 0 radical (unpaired) electrons. The van der Waals surface area contributed by atoms with E-state index in [-0.39, 0.29) is 5.92 Å². The molecule has 0 aromatic heterocycles. The largest absolute Gasteiger partial charge is 0.388 e. The quantitative estimate of drug-likeness (QED) is 0.777. The van der Waals surface area contributed by atoms with Crippen molar-refractivity contribution < 1.29 is 9.84 Å². The monoisotopic (exact) mass is 211 g/mol. The maximum absolute atomic E-state index is 10.6. The first-order valence-electron chi connectivity index (χ1n) is 5.71. The van der Waals surface area contributed by atoms with Crippen molar-refractivity contribution in [2.24, 2.45) is 11.3 Å². The van der Waals surface area contributed by atoms with E-state index in [1.165, 1.54) is 0 Å². The third-order valence-corrected chi connectivity index (χ3v) is 4.00. The van der Waals surface area contributed by atoms with Crippen LogP contribution in [0.4, 0.5) is 0 Å². The van der Waals surface area contributed by atoms with Crippen LogP contribution in [-0.4, -0.2) is 23.9 Å². The van der Waals surface area contributed by atoms with Crippen molar-refractivity contribution in [3.63, 3.8) is 0 Å². The number of nitriles is 1. The summed E-state index contributed by atoms with van der Waals surface area (Å²) in [7, 11) is 0. The molecule has 3 heteroatoms. The van der Waals surface area contributed by atoms with Crippen molar-refractivity contribution in [3.05, 3.63) is 0 Å². The second-order valence-electron chi connectivity index (χ2n) is 4.81. The fourth-order valence-electron chi connectivity index (χ4n) is 2.26. The van der Waals surface area contributed by atoms with Gasteiger partial charge in [-0.25, -0.2) is 0 Å². The van der Waals surface area contributed by atoms with Gasteiger partial charge in [-0.2, -0.15) is 5.26 Å². The third kappa shape index (κ3) is 2.02. The summed E-state index contributed by atoms with van der Waals surface area (Å²) in [6.07, 6.45) is 2.47. The summed E-state index contributed by atoms with van der Waals surface area (Å²) in [4.78, 5) is 0. The average molecular weight is 211 g/mol. The number of aliphatic hydroxyl groups is 1. The predicted octanol–water partition coefficient (Wildman–Crippen LogP) is 2.10. The predicted molar refractivity (Wildman–Crippen MR) is 58.2 cm³/mol. The topological polar surface area (TPSA) is 53.2 Å². The second-order valence-corrected chi connectivity index (χ2v) is 4.81. The lowest BCUT2D eigenvalue weighted by atomic mass is 9.64. The summed E-state index contributed by atoms with van der Waals surface area (Å²) in [6.45, 7) is 6.88. The molecule has 0 saturated carbocycles. The van der Waals surface area contributed by atoms with E-state index < -0.39 is 11.0 Å². The summed E-state index contributed by atoms with van der Waals surface area (Å²) in [6, 6.07) is 2.30. The van der Waals surface area contributed by atoms with Gasteiger partial charge in [0.2, 0.25) is 0 Å². The smallest absolute Gasteiger partial charge is 0.109 e. The molecule has 0 aromatic rings. The van der Waals surface area contributed by atoms with Crippen molar-refractivity contribution in [2.45, 2.75) is 45.6 Å². The van der Waals surface area contributed by atoms with E-state index in [1.54, 1.807) is 6.92 Å². The Balaban J connectivity index is 2.94. The van der Waals surface area contributed by atoms with Gasteiger partial charge >= 0.3 is 0 Å². The summed E-state index contributed by atoms with van der Waals surface area (Å²) >= 11 is 0. The van der Waals surface area contributed by atoms with E-state index in [2.05, 4.69) is 6.07 Å². The zero-order valence-corrected chi connectivity index (χ0v) is 9.92. The molecule has 1 fully saturated rings. The van der Waals surface area contributed by atoms with Crippen molar-refractivity contribution in [2.75, 3.05) is 13.2 Å². The maximum atomic E-state index is 10.6. The van der Waals surface area contributed by atoms with Crippen molar-refractivity contribution in [1.82, 2.24) is 0 Å². The molecule has 0 bridgehead atoms. The van der Waals surface area contributed by atoms with Crippen LogP contribution in [0.1, 0.15) is 40.0 Å². The Bertz CT molecular complexity index is 249. The Kier molecular flexibility index (Phi) is 3.75. The molecule has 1 saturated heterocycles. The number of hydrogen-bond donors (Lipinski definition) is 1.